The number of aliphatic hydroxyl groups is 1. The van der Waals surface area contributed by atoms with Crippen LogP contribution in [0.2, 0.25) is 5.02 Å². The zero-order valence-electron chi connectivity index (χ0n) is 11.5. The van der Waals surface area contributed by atoms with Gasteiger partial charge in [-0.25, -0.2) is 9.18 Å². The van der Waals surface area contributed by atoms with Crippen LogP contribution in [0.25, 0.3) is 11.1 Å². The van der Waals surface area contributed by atoms with Crippen LogP contribution < -0.4 is 11.2 Å². The van der Waals surface area contributed by atoms with Crippen LogP contribution in [-0.4, -0.2) is 20.7 Å². The molecule has 0 aliphatic heterocycles. The lowest BCUT2D eigenvalue weighted by Gasteiger charge is -2.18. The highest BCUT2D eigenvalue weighted by atomic mass is 35.5. The van der Waals surface area contributed by atoms with E-state index in [1.807, 2.05) is 0 Å². The minimum Gasteiger partial charge on any atom is -0.390 e. The van der Waals surface area contributed by atoms with Gasteiger partial charge in [-0.15, -0.1) is 0 Å². The van der Waals surface area contributed by atoms with Gasteiger partial charge in [-0.05, 0) is 31.5 Å². The molecule has 7 heteroatoms. The smallest absolute Gasteiger partial charge is 0.325 e. The molecular formula is C14H14ClFN2O3. The fraction of sp³-hybridized carbons (Fsp3) is 0.286. The highest BCUT2D eigenvalue weighted by Gasteiger charge is 2.20. The predicted molar refractivity (Wildman–Crippen MR) is 78.1 cm³/mol. The van der Waals surface area contributed by atoms with Crippen molar-refractivity contribution in [1.29, 1.82) is 0 Å². The molecule has 0 radical (unpaired) electrons. The summed E-state index contributed by atoms with van der Waals surface area (Å²) in [7, 11) is 0. The maximum absolute atomic E-state index is 13.2. The van der Waals surface area contributed by atoms with Crippen molar-refractivity contribution in [3.8, 4) is 11.1 Å². The van der Waals surface area contributed by atoms with E-state index >= 15 is 0 Å². The van der Waals surface area contributed by atoms with Crippen LogP contribution in [0.1, 0.15) is 19.5 Å². The zero-order chi connectivity index (χ0) is 15.8. The molecule has 0 atom stereocenters. The summed E-state index contributed by atoms with van der Waals surface area (Å²) in [5.41, 5.74) is -1.65. The Balaban J connectivity index is 2.69. The van der Waals surface area contributed by atoms with Gasteiger partial charge in [-0.2, -0.15) is 0 Å². The number of aromatic nitrogens is 2. The number of aromatic amines is 2. The lowest BCUT2D eigenvalue weighted by Crippen LogP contribution is -2.30. The molecule has 2 rings (SSSR count). The Kier molecular flexibility index (Phi) is 4.02. The third kappa shape index (κ3) is 3.59. The van der Waals surface area contributed by atoms with Crippen molar-refractivity contribution in [2.45, 2.75) is 25.9 Å². The lowest BCUT2D eigenvalue weighted by atomic mass is 9.96. The average molecular weight is 313 g/mol. The van der Waals surface area contributed by atoms with Crippen molar-refractivity contribution in [2.75, 3.05) is 0 Å². The quantitative estimate of drug-likeness (QED) is 0.808. The minimum atomic E-state index is -1.13. The topological polar surface area (TPSA) is 85.9 Å². The number of halogens is 2. The molecule has 2 aromatic rings. The van der Waals surface area contributed by atoms with Gasteiger partial charge in [-0.1, -0.05) is 17.7 Å². The minimum absolute atomic E-state index is 0.0521. The van der Waals surface area contributed by atoms with Gasteiger partial charge in [0.25, 0.3) is 5.56 Å². The summed E-state index contributed by atoms with van der Waals surface area (Å²) in [6.45, 7) is 3.10. The molecule has 0 aliphatic rings. The molecule has 112 valence electrons. The molecule has 0 aliphatic carbocycles. The first-order chi connectivity index (χ1) is 9.67. The molecule has 5 nitrogen and oxygen atoms in total. The van der Waals surface area contributed by atoms with Crippen LogP contribution in [0.5, 0.6) is 0 Å². The largest absolute Gasteiger partial charge is 0.390 e. The molecule has 21 heavy (non-hydrogen) atoms. The van der Waals surface area contributed by atoms with Crippen LogP contribution in [0.4, 0.5) is 4.39 Å². The van der Waals surface area contributed by atoms with E-state index in [0.717, 1.165) is 6.07 Å². The Morgan fingerprint density at radius 1 is 1.29 bits per heavy atom. The standard InChI is InChI=1S/C14H14ClFN2O3/c1-14(2,21)6-10-11(12(19)18-13(20)17-10)7-3-4-9(16)8(15)5-7/h3-5,21H,6H2,1-2H3,(H2,17,18,19,20). The monoisotopic (exact) mass is 312 g/mol. The molecule has 0 saturated heterocycles. The van der Waals surface area contributed by atoms with Crippen molar-refractivity contribution in [1.82, 2.24) is 9.97 Å². The van der Waals surface area contributed by atoms with Crippen molar-refractivity contribution >= 4 is 11.6 Å². The average Bonchev–Trinajstić information content (AvgIpc) is 2.30. The Morgan fingerprint density at radius 2 is 1.95 bits per heavy atom. The van der Waals surface area contributed by atoms with E-state index in [2.05, 4.69) is 9.97 Å². The second kappa shape index (κ2) is 5.46. The van der Waals surface area contributed by atoms with Gasteiger partial charge in [0.15, 0.2) is 0 Å². The summed E-state index contributed by atoms with van der Waals surface area (Å²) in [4.78, 5) is 28.1. The number of nitrogens with one attached hydrogen (secondary N) is 2. The highest BCUT2D eigenvalue weighted by molar-refractivity contribution is 6.31. The Hall–Kier alpha value is -1.92. The molecule has 3 N–H and O–H groups in total. The highest BCUT2D eigenvalue weighted by Crippen LogP contribution is 2.25. The second-order valence-electron chi connectivity index (χ2n) is 5.38. The lowest BCUT2D eigenvalue weighted by molar-refractivity contribution is 0.0800. The van der Waals surface area contributed by atoms with Crippen molar-refractivity contribution in [3.63, 3.8) is 0 Å². The molecule has 0 spiro atoms. The molecule has 0 saturated carbocycles. The van der Waals surface area contributed by atoms with Crippen LogP contribution >= 0.6 is 11.6 Å². The third-order valence-electron chi connectivity index (χ3n) is 2.84. The summed E-state index contributed by atoms with van der Waals surface area (Å²) in [6, 6.07) is 3.82. The summed E-state index contributed by atoms with van der Waals surface area (Å²) < 4.78 is 13.2. The van der Waals surface area contributed by atoms with Crippen LogP contribution in [0.15, 0.2) is 27.8 Å². The molecule has 0 fully saturated rings. The molecule has 0 unspecified atom stereocenters. The second-order valence-corrected chi connectivity index (χ2v) is 5.79. The number of hydrogen-bond acceptors (Lipinski definition) is 3. The summed E-state index contributed by atoms with van der Waals surface area (Å²) in [5, 5.41) is 9.77. The van der Waals surface area contributed by atoms with Crippen LogP contribution in [0.3, 0.4) is 0 Å². The number of benzene rings is 1. The molecule has 1 aromatic carbocycles. The van der Waals surface area contributed by atoms with E-state index in [1.54, 1.807) is 13.8 Å². The van der Waals surface area contributed by atoms with E-state index in [4.69, 9.17) is 11.6 Å². The van der Waals surface area contributed by atoms with Crippen molar-refractivity contribution in [3.05, 3.63) is 55.6 Å². The SMILES string of the molecule is CC(C)(O)Cc1[nH]c(=O)[nH]c(=O)c1-c1ccc(F)c(Cl)c1. The Labute approximate surface area is 124 Å². The van der Waals surface area contributed by atoms with E-state index in [9.17, 15) is 19.1 Å². The van der Waals surface area contributed by atoms with Gasteiger partial charge in [-0.3, -0.25) is 9.78 Å². The Morgan fingerprint density at radius 3 is 2.52 bits per heavy atom. The van der Waals surface area contributed by atoms with Crippen molar-refractivity contribution < 1.29 is 9.50 Å². The maximum Gasteiger partial charge on any atom is 0.325 e. The van der Waals surface area contributed by atoms with E-state index < -0.39 is 22.7 Å². The first-order valence-corrected chi connectivity index (χ1v) is 6.58. The first-order valence-electron chi connectivity index (χ1n) is 6.20. The van der Waals surface area contributed by atoms with Gasteiger partial charge < -0.3 is 10.1 Å². The van der Waals surface area contributed by atoms with E-state index in [0.29, 0.717) is 5.56 Å². The van der Waals surface area contributed by atoms with Crippen molar-refractivity contribution in [2.24, 2.45) is 0 Å². The Bertz CT molecular complexity index is 790. The predicted octanol–water partition coefficient (Wildman–Crippen LogP) is 1.84. The van der Waals surface area contributed by atoms with Gasteiger partial charge >= 0.3 is 5.69 Å². The molecular weight excluding hydrogens is 299 g/mol. The fourth-order valence-corrected chi connectivity index (χ4v) is 2.24. The summed E-state index contributed by atoms with van der Waals surface area (Å²) in [5.74, 6) is -0.606. The molecule has 0 amide bonds. The number of H-pyrrole nitrogens is 2. The molecule has 1 heterocycles. The van der Waals surface area contributed by atoms with Gasteiger partial charge in [0.1, 0.15) is 5.82 Å². The molecule has 1 aromatic heterocycles. The third-order valence-corrected chi connectivity index (χ3v) is 3.13. The van der Waals surface area contributed by atoms with Gasteiger partial charge in [0.05, 0.1) is 16.2 Å². The number of rotatable bonds is 3. The van der Waals surface area contributed by atoms with Gasteiger partial charge in [0.2, 0.25) is 0 Å². The van der Waals surface area contributed by atoms with E-state index in [-0.39, 0.29) is 22.7 Å². The summed E-state index contributed by atoms with van der Waals surface area (Å²) in [6.07, 6.45) is 0.0521. The zero-order valence-corrected chi connectivity index (χ0v) is 12.2. The first kappa shape index (κ1) is 15.5. The van der Waals surface area contributed by atoms with Gasteiger partial charge in [0, 0.05) is 12.1 Å². The molecule has 0 bridgehead atoms. The maximum atomic E-state index is 13.2. The fourth-order valence-electron chi connectivity index (χ4n) is 2.06. The van der Waals surface area contributed by atoms with Crippen LogP contribution in [-0.2, 0) is 6.42 Å². The number of hydrogen-bond donors (Lipinski definition) is 3. The van der Waals surface area contributed by atoms with Crippen LogP contribution in [0, 0.1) is 5.82 Å². The normalized spacial score (nSPS) is 11.7. The van der Waals surface area contributed by atoms with E-state index in [1.165, 1.54) is 12.1 Å². The summed E-state index contributed by atoms with van der Waals surface area (Å²) >= 11 is 5.72.